The van der Waals surface area contributed by atoms with Crippen LogP contribution >= 0.6 is 0 Å². The highest BCUT2D eigenvalue weighted by Gasteiger charge is 2.21. The van der Waals surface area contributed by atoms with Gasteiger partial charge in [-0.1, -0.05) is 25.1 Å². The minimum Gasteiger partial charge on any atom is -0.496 e. The molecule has 1 fully saturated rings. The van der Waals surface area contributed by atoms with E-state index < -0.39 is 0 Å². The number of para-hydroxylation sites is 1. The molecule has 20 heavy (non-hydrogen) atoms. The monoisotopic (exact) mass is 276 g/mol. The van der Waals surface area contributed by atoms with Gasteiger partial charge >= 0.3 is 0 Å². The zero-order chi connectivity index (χ0) is 14.4. The SMILES string of the molecule is CCN1CCC(CNC(C)Cc2ccccc2OC)C1. The molecule has 1 aromatic rings. The Balaban J connectivity index is 1.76. The molecule has 0 spiro atoms. The van der Waals surface area contributed by atoms with Crippen LogP contribution in [0.25, 0.3) is 0 Å². The summed E-state index contributed by atoms with van der Waals surface area (Å²) >= 11 is 0. The fourth-order valence-electron chi connectivity index (χ4n) is 3.01. The molecule has 1 aliphatic heterocycles. The van der Waals surface area contributed by atoms with Crippen molar-refractivity contribution in [2.45, 2.75) is 32.7 Å². The molecule has 0 aliphatic carbocycles. The van der Waals surface area contributed by atoms with Crippen LogP contribution in [-0.4, -0.2) is 44.2 Å². The van der Waals surface area contributed by atoms with Gasteiger partial charge in [0.2, 0.25) is 0 Å². The summed E-state index contributed by atoms with van der Waals surface area (Å²) in [4.78, 5) is 2.54. The number of hydrogen-bond donors (Lipinski definition) is 1. The third-order valence-corrected chi connectivity index (χ3v) is 4.29. The van der Waals surface area contributed by atoms with E-state index in [-0.39, 0.29) is 0 Å². The second-order valence-corrected chi connectivity index (χ2v) is 5.87. The van der Waals surface area contributed by atoms with Gasteiger partial charge in [0.15, 0.2) is 0 Å². The second-order valence-electron chi connectivity index (χ2n) is 5.87. The van der Waals surface area contributed by atoms with E-state index in [0.717, 1.165) is 24.6 Å². The molecule has 1 heterocycles. The van der Waals surface area contributed by atoms with Crippen molar-refractivity contribution in [2.24, 2.45) is 5.92 Å². The molecule has 3 heteroatoms. The van der Waals surface area contributed by atoms with E-state index in [1.54, 1.807) is 7.11 Å². The molecule has 3 nitrogen and oxygen atoms in total. The van der Waals surface area contributed by atoms with Gasteiger partial charge in [-0.3, -0.25) is 0 Å². The van der Waals surface area contributed by atoms with Crippen LogP contribution in [0.3, 0.4) is 0 Å². The lowest BCUT2D eigenvalue weighted by Gasteiger charge is -2.19. The molecule has 2 atom stereocenters. The zero-order valence-corrected chi connectivity index (χ0v) is 13.1. The maximum Gasteiger partial charge on any atom is 0.122 e. The highest BCUT2D eigenvalue weighted by Crippen LogP contribution is 2.19. The number of benzene rings is 1. The quantitative estimate of drug-likeness (QED) is 0.828. The number of ether oxygens (including phenoxy) is 1. The molecule has 0 saturated carbocycles. The number of likely N-dealkylation sites (tertiary alicyclic amines) is 1. The molecule has 1 saturated heterocycles. The third-order valence-electron chi connectivity index (χ3n) is 4.29. The van der Waals surface area contributed by atoms with Crippen molar-refractivity contribution in [1.29, 1.82) is 0 Å². The summed E-state index contributed by atoms with van der Waals surface area (Å²) in [6, 6.07) is 8.80. The molecule has 112 valence electrons. The molecule has 0 amide bonds. The summed E-state index contributed by atoms with van der Waals surface area (Å²) in [5, 5.41) is 3.69. The van der Waals surface area contributed by atoms with Crippen molar-refractivity contribution >= 4 is 0 Å². The van der Waals surface area contributed by atoms with Crippen LogP contribution in [-0.2, 0) is 6.42 Å². The number of nitrogens with one attached hydrogen (secondary N) is 1. The van der Waals surface area contributed by atoms with Crippen LogP contribution in [0, 0.1) is 5.92 Å². The fourth-order valence-corrected chi connectivity index (χ4v) is 3.01. The van der Waals surface area contributed by atoms with E-state index in [4.69, 9.17) is 4.74 Å². The molecule has 2 unspecified atom stereocenters. The van der Waals surface area contributed by atoms with E-state index in [1.165, 1.54) is 31.6 Å². The predicted molar refractivity (Wildman–Crippen MR) is 84.4 cm³/mol. The molecule has 1 N–H and O–H groups in total. The molecule has 0 bridgehead atoms. The van der Waals surface area contributed by atoms with Crippen LogP contribution in [0.5, 0.6) is 5.75 Å². The van der Waals surface area contributed by atoms with E-state index in [2.05, 4.69) is 36.2 Å². The Morgan fingerprint density at radius 2 is 2.20 bits per heavy atom. The van der Waals surface area contributed by atoms with E-state index >= 15 is 0 Å². The van der Waals surface area contributed by atoms with E-state index in [0.29, 0.717) is 6.04 Å². The van der Waals surface area contributed by atoms with Crippen LogP contribution in [0.2, 0.25) is 0 Å². The van der Waals surface area contributed by atoms with Crippen LogP contribution in [0.1, 0.15) is 25.8 Å². The number of hydrogen-bond acceptors (Lipinski definition) is 3. The predicted octanol–water partition coefficient (Wildman–Crippen LogP) is 2.56. The topological polar surface area (TPSA) is 24.5 Å². The molecule has 2 rings (SSSR count). The lowest BCUT2D eigenvalue weighted by Crippen LogP contribution is -2.34. The van der Waals surface area contributed by atoms with Gasteiger partial charge in [0, 0.05) is 12.6 Å². The minimum atomic E-state index is 0.488. The average Bonchev–Trinajstić information content (AvgIpc) is 2.94. The van der Waals surface area contributed by atoms with Gasteiger partial charge < -0.3 is 15.0 Å². The Labute approximate surface area is 123 Å². The van der Waals surface area contributed by atoms with Gasteiger partial charge in [0.1, 0.15) is 5.75 Å². The van der Waals surface area contributed by atoms with Crippen LogP contribution in [0.4, 0.5) is 0 Å². The van der Waals surface area contributed by atoms with Crippen molar-refractivity contribution in [3.05, 3.63) is 29.8 Å². The lowest BCUT2D eigenvalue weighted by atomic mass is 10.0. The van der Waals surface area contributed by atoms with Crippen LogP contribution in [0.15, 0.2) is 24.3 Å². The first-order chi connectivity index (χ1) is 9.72. The average molecular weight is 276 g/mol. The van der Waals surface area contributed by atoms with Crippen molar-refractivity contribution in [3.8, 4) is 5.75 Å². The largest absolute Gasteiger partial charge is 0.496 e. The zero-order valence-electron chi connectivity index (χ0n) is 13.1. The highest BCUT2D eigenvalue weighted by molar-refractivity contribution is 5.33. The Morgan fingerprint density at radius 1 is 1.40 bits per heavy atom. The summed E-state index contributed by atoms with van der Waals surface area (Å²) in [6.07, 6.45) is 2.36. The number of nitrogens with zero attached hydrogens (tertiary/aromatic N) is 1. The van der Waals surface area contributed by atoms with Crippen molar-refractivity contribution < 1.29 is 4.74 Å². The second kappa shape index (κ2) is 7.65. The first-order valence-corrected chi connectivity index (χ1v) is 7.80. The molecular weight excluding hydrogens is 248 g/mol. The van der Waals surface area contributed by atoms with Crippen LogP contribution < -0.4 is 10.1 Å². The van der Waals surface area contributed by atoms with Gasteiger partial charge in [-0.15, -0.1) is 0 Å². The maximum absolute atomic E-state index is 5.42. The minimum absolute atomic E-state index is 0.488. The van der Waals surface area contributed by atoms with Gasteiger partial charge in [-0.2, -0.15) is 0 Å². The Morgan fingerprint density at radius 3 is 2.90 bits per heavy atom. The summed E-state index contributed by atoms with van der Waals surface area (Å²) in [5.74, 6) is 1.81. The lowest BCUT2D eigenvalue weighted by molar-refractivity contribution is 0.335. The number of methoxy groups -OCH3 is 1. The van der Waals surface area contributed by atoms with Gasteiger partial charge in [-0.25, -0.2) is 0 Å². The fraction of sp³-hybridized carbons (Fsp3) is 0.647. The molecule has 1 aliphatic rings. The Kier molecular flexibility index (Phi) is 5.86. The molecular formula is C17H28N2O. The highest BCUT2D eigenvalue weighted by atomic mass is 16.5. The smallest absolute Gasteiger partial charge is 0.122 e. The third kappa shape index (κ3) is 4.22. The summed E-state index contributed by atoms with van der Waals surface area (Å²) in [6.45, 7) is 9.35. The van der Waals surface area contributed by atoms with Gasteiger partial charge in [-0.05, 0) is 56.9 Å². The Hall–Kier alpha value is -1.06. The van der Waals surface area contributed by atoms with Crippen molar-refractivity contribution in [2.75, 3.05) is 33.3 Å². The van der Waals surface area contributed by atoms with E-state index in [9.17, 15) is 0 Å². The molecule has 1 aromatic carbocycles. The van der Waals surface area contributed by atoms with Crippen molar-refractivity contribution in [3.63, 3.8) is 0 Å². The standard InChI is InChI=1S/C17H28N2O/c1-4-19-10-9-15(13-19)12-18-14(2)11-16-7-5-6-8-17(16)20-3/h5-8,14-15,18H,4,9-13H2,1-3H3. The summed E-state index contributed by atoms with van der Waals surface area (Å²) in [7, 11) is 1.74. The molecule has 0 radical (unpaired) electrons. The molecule has 0 aromatic heterocycles. The summed E-state index contributed by atoms with van der Waals surface area (Å²) in [5.41, 5.74) is 1.29. The van der Waals surface area contributed by atoms with E-state index in [1.807, 2.05) is 12.1 Å². The normalized spacial score (nSPS) is 21.1. The number of rotatable bonds is 7. The van der Waals surface area contributed by atoms with Gasteiger partial charge in [0.05, 0.1) is 7.11 Å². The summed E-state index contributed by atoms with van der Waals surface area (Å²) < 4.78 is 5.42. The maximum atomic E-state index is 5.42. The Bertz CT molecular complexity index is 408. The first kappa shape index (κ1) is 15.3. The van der Waals surface area contributed by atoms with Crippen molar-refractivity contribution in [1.82, 2.24) is 10.2 Å². The first-order valence-electron chi connectivity index (χ1n) is 7.80. The van der Waals surface area contributed by atoms with Gasteiger partial charge in [0.25, 0.3) is 0 Å².